The van der Waals surface area contributed by atoms with E-state index in [1.807, 2.05) is 59.5 Å². The summed E-state index contributed by atoms with van der Waals surface area (Å²) in [5, 5.41) is 6.36. The Hall–Kier alpha value is -3.67. The molecule has 2 aliphatic rings. The van der Waals surface area contributed by atoms with Gasteiger partial charge in [-0.25, -0.2) is 4.98 Å². The molecule has 2 aromatic carbocycles. The van der Waals surface area contributed by atoms with Gasteiger partial charge in [-0.05, 0) is 55.2 Å². The lowest BCUT2D eigenvalue weighted by Gasteiger charge is -2.45. The van der Waals surface area contributed by atoms with Crippen molar-refractivity contribution < 1.29 is 9.59 Å². The highest BCUT2D eigenvalue weighted by Gasteiger charge is 2.48. The lowest BCUT2D eigenvalue weighted by molar-refractivity contribution is -0.117. The Balaban J connectivity index is 1.59. The fourth-order valence-corrected chi connectivity index (χ4v) is 5.21. The number of nitrogens with zero attached hydrogens (tertiary/aromatic N) is 2. The summed E-state index contributed by atoms with van der Waals surface area (Å²) in [6.07, 6.45) is 2.32. The van der Waals surface area contributed by atoms with E-state index < -0.39 is 0 Å². The van der Waals surface area contributed by atoms with Crippen molar-refractivity contribution in [2.75, 3.05) is 17.3 Å². The van der Waals surface area contributed by atoms with Crippen LogP contribution in [0.15, 0.2) is 66.7 Å². The third-order valence-electron chi connectivity index (χ3n) is 7.03. The molecule has 1 saturated carbocycles. The second-order valence-corrected chi connectivity index (χ2v) is 9.32. The quantitative estimate of drug-likeness (QED) is 0.566. The van der Waals surface area contributed by atoms with Crippen LogP contribution in [0.3, 0.4) is 0 Å². The molecule has 0 radical (unpaired) electrons. The van der Waals surface area contributed by atoms with Crippen molar-refractivity contribution >= 4 is 23.2 Å². The van der Waals surface area contributed by atoms with Crippen LogP contribution in [0, 0.1) is 11.8 Å². The summed E-state index contributed by atoms with van der Waals surface area (Å²) >= 11 is 0. The third kappa shape index (κ3) is 4.04. The average Bonchev–Trinajstić information content (AvgIpc) is 3.70. The Kier molecular flexibility index (Phi) is 5.82. The van der Waals surface area contributed by atoms with E-state index in [0.717, 1.165) is 41.2 Å². The number of benzene rings is 2. The molecular formula is C28H30N4O2. The summed E-state index contributed by atoms with van der Waals surface area (Å²) in [6, 6.07) is 21.8. The maximum Gasteiger partial charge on any atom is 0.251 e. The molecule has 0 saturated heterocycles. The Bertz CT molecular complexity index is 1200. The van der Waals surface area contributed by atoms with Gasteiger partial charge >= 0.3 is 0 Å². The zero-order valence-corrected chi connectivity index (χ0v) is 19.8. The summed E-state index contributed by atoms with van der Waals surface area (Å²) in [5.41, 5.74) is 5.18. The number of hydrogen-bond donors (Lipinski definition) is 2. The molecule has 5 rings (SSSR count). The van der Waals surface area contributed by atoms with Crippen molar-refractivity contribution in [1.82, 2.24) is 10.3 Å². The molecule has 2 amide bonds. The van der Waals surface area contributed by atoms with Crippen molar-refractivity contribution in [2.24, 2.45) is 11.8 Å². The van der Waals surface area contributed by atoms with Gasteiger partial charge < -0.3 is 15.5 Å². The van der Waals surface area contributed by atoms with Crippen molar-refractivity contribution in [2.45, 2.75) is 38.8 Å². The van der Waals surface area contributed by atoms with Crippen LogP contribution < -0.4 is 15.5 Å². The minimum absolute atomic E-state index is 0.0244. The van der Waals surface area contributed by atoms with Crippen LogP contribution in [-0.2, 0) is 4.79 Å². The van der Waals surface area contributed by atoms with Gasteiger partial charge in [0.1, 0.15) is 0 Å². The normalized spacial score (nSPS) is 21.5. The fraction of sp³-hybridized carbons (Fsp3) is 0.321. The van der Waals surface area contributed by atoms with Crippen LogP contribution in [0.4, 0.5) is 11.4 Å². The van der Waals surface area contributed by atoms with E-state index in [4.69, 9.17) is 4.98 Å². The number of carbonyl (C=O) groups excluding carboxylic acids is 2. The molecule has 0 bridgehead atoms. The second-order valence-electron chi connectivity index (χ2n) is 9.32. The summed E-state index contributed by atoms with van der Waals surface area (Å²) in [5.74, 6) is 0.674. The van der Waals surface area contributed by atoms with Crippen molar-refractivity contribution in [3.63, 3.8) is 0 Å². The van der Waals surface area contributed by atoms with Gasteiger partial charge in [0.05, 0.1) is 23.1 Å². The minimum atomic E-state index is -0.117. The summed E-state index contributed by atoms with van der Waals surface area (Å²) < 4.78 is 0. The number of pyridine rings is 1. The van der Waals surface area contributed by atoms with Gasteiger partial charge in [-0.2, -0.15) is 0 Å². The first kappa shape index (κ1) is 22.1. The highest BCUT2D eigenvalue weighted by molar-refractivity contribution is 5.95. The molecule has 1 unspecified atom stereocenters. The molecular weight excluding hydrogens is 424 g/mol. The standard InChI is InChI=1S/C28H30N4O2/c1-17-25(30-22-7-5-4-6-8-22)26-24(32(18(2)33)27(17)20-11-12-20)16-15-23(31-26)19-9-13-21(14-10-19)28(34)29-3/h4-10,13-17,20,25,27,30H,11-12H2,1-3H3,(H,29,34)/t17?,25-,27-/m1/s1. The molecule has 6 nitrogen and oxygen atoms in total. The van der Waals surface area contributed by atoms with Gasteiger partial charge in [0, 0.05) is 42.7 Å². The molecule has 6 heteroatoms. The van der Waals surface area contributed by atoms with Crippen molar-refractivity contribution in [1.29, 1.82) is 0 Å². The van der Waals surface area contributed by atoms with E-state index in [-0.39, 0.29) is 29.8 Å². The predicted molar refractivity (Wildman–Crippen MR) is 135 cm³/mol. The number of aromatic nitrogens is 1. The minimum Gasteiger partial charge on any atom is -0.376 e. The molecule has 0 spiro atoms. The van der Waals surface area contributed by atoms with Gasteiger partial charge in [0.15, 0.2) is 0 Å². The monoisotopic (exact) mass is 454 g/mol. The van der Waals surface area contributed by atoms with Gasteiger partial charge in [0.25, 0.3) is 5.91 Å². The Labute approximate surface area is 200 Å². The number of amides is 2. The Morgan fingerprint density at radius 1 is 0.971 bits per heavy atom. The van der Waals surface area contributed by atoms with Gasteiger partial charge in [-0.15, -0.1) is 0 Å². The molecule has 2 heterocycles. The van der Waals surface area contributed by atoms with Crippen LogP contribution in [0.25, 0.3) is 11.3 Å². The number of nitrogens with one attached hydrogen (secondary N) is 2. The largest absolute Gasteiger partial charge is 0.376 e. The summed E-state index contributed by atoms with van der Waals surface area (Å²) in [6.45, 7) is 3.89. The molecule has 1 aliphatic carbocycles. The number of carbonyl (C=O) groups is 2. The van der Waals surface area contributed by atoms with Gasteiger partial charge in [-0.1, -0.05) is 37.3 Å². The van der Waals surface area contributed by atoms with Crippen molar-refractivity contribution in [3.8, 4) is 11.3 Å². The van der Waals surface area contributed by atoms with Crippen LogP contribution in [0.5, 0.6) is 0 Å². The first-order valence-electron chi connectivity index (χ1n) is 11.9. The maximum absolute atomic E-state index is 12.8. The van der Waals surface area contributed by atoms with E-state index >= 15 is 0 Å². The van der Waals surface area contributed by atoms with Crippen LogP contribution in [0.2, 0.25) is 0 Å². The third-order valence-corrected chi connectivity index (χ3v) is 7.03. The first-order chi connectivity index (χ1) is 16.5. The SMILES string of the molecule is CNC(=O)c1ccc(-c2ccc3c(n2)[C@H](Nc2ccccc2)C(C)[C@H](C2CC2)N3C(C)=O)cc1. The summed E-state index contributed by atoms with van der Waals surface area (Å²) in [4.78, 5) is 31.8. The average molecular weight is 455 g/mol. The van der Waals surface area contributed by atoms with Crippen LogP contribution in [0.1, 0.15) is 48.8 Å². The van der Waals surface area contributed by atoms with Crippen molar-refractivity contribution in [3.05, 3.63) is 78.0 Å². The van der Waals surface area contributed by atoms with E-state index in [0.29, 0.717) is 11.5 Å². The molecule has 2 N–H and O–H groups in total. The molecule has 3 atom stereocenters. The molecule has 1 fully saturated rings. The molecule has 1 aliphatic heterocycles. The number of para-hydroxylation sites is 1. The zero-order valence-electron chi connectivity index (χ0n) is 19.8. The lowest BCUT2D eigenvalue weighted by Crippen LogP contribution is -2.51. The lowest BCUT2D eigenvalue weighted by atomic mass is 9.81. The number of hydrogen-bond acceptors (Lipinski definition) is 4. The molecule has 34 heavy (non-hydrogen) atoms. The topological polar surface area (TPSA) is 74.3 Å². The Morgan fingerprint density at radius 3 is 2.29 bits per heavy atom. The van der Waals surface area contributed by atoms with E-state index in [9.17, 15) is 9.59 Å². The maximum atomic E-state index is 12.8. The van der Waals surface area contributed by atoms with E-state index in [2.05, 4.69) is 29.7 Å². The number of anilines is 2. The predicted octanol–water partition coefficient (Wildman–Crippen LogP) is 5.04. The Morgan fingerprint density at radius 2 is 1.68 bits per heavy atom. The fourth-order valence-electron chi connectivity index (χ4n) is 5.21. The smallest absolute Gasteiger partial charge is 0.251 e. The highest BCUT2D eigenvalue weighted by atomic mass is 16.2. The van der Waals surface area contributed by atoms with Crippen LogP contribution in [-0.4, -0.2) is 29.9 Å². The molecule has 3 aromatic rings. The zero-order chi connectivity index (χ0) is 23.8. The number of fused-ring (bicyclic) bond motifs is 1. The molecule has 174 valence electrons. The van der Waals surface area contributed by atoms with Gasteiger partial charge in [-0.3, -0.25) is 9.59 Å². The van der Waals surface area contributed by atoms with E-state index in [1.165, 1.54) is 0 Å². The highest BCUT2D eigenvalue weighted by Crippen LogP contribution is 2.49. The number of rotatable bonds is 5. The summed E-state index contributed by atoms with van der Waals surface area (Å²) in [7, 11) is 1.62. The first-order valence-corrected chi connectivity index (χ1v) is 11.9. The van der Waals surface area contributed by atoms with Gasteiger partial charge in [0.2, 0.25) is 5.91 Å². The second kappa shape index (κ2) is 8.93. The molecule has 1 aromatic heterocycles. The van der Waals surface area contributed by atoms with Crippen LogP contribution >= 0.6 is 0 Å². The van der Waals surface area contributed by atoms with E-state index in [1.54, 1.807) is 14.0 Å².